The molecule has 0 aromatic rings. The van der Waals surface area contributed by atoms with Crippen LogP contribution in [0, 0.1) is 0 Å². The van der Waals surface area contributed by atoms with Crippen molar-refractivity contribution in [1.29, 1.82) is 0 Å². The van der Waals surface area contributed by atoms with Crippen molar-refractivity contribution in [1.82, 2.24) is 4.90 Å². The molecule has 1 atom stereocenters. The summed E-state index contributed by atoms with van der Waals surface area (Å²) in [5, 5.41) is 0. The van der Waals surface area contributed by atoms with E-state index in [1.54, 1.807) is 0 Å². The molecule has 94 valence electrons. The van der Waals surface area contributed by atoms with Gasteiger partial charge in [-0.15, -0.1) is 0 Å². The van der Waals surface area contributed by atoms with Gasteiger partial charge in [-0.25, -0.2) is 0 Å². The maximum atomic E-state index is 5.46. The lowest BCUT2D eigenvalue weighted by atomic mass is 10.4. The van der Waals surface area contributed by atoms with Crippen molar-refractivity contribution in [2.24, 2.45) is 0 Å². The quantitative estimate of drug-likeness (QED) is 0.714. The van der Waals surface area contributed by atoms with E-state index in [0.29, 0.717) is 6.10 Å². The molecule has 0 aromatic heterocycles. The van der Waals surface area contributed by atoms with Crippen molar-refractivity contribution >= 4 is 0 Å². The standard InChI is InChI=1S/C9H19NO.2C2H6/c1-3-11-9(2)8-10-6-4-5-7-10;2*1-2/h9H,3-8H2,1-2H3;2*1-2H3/t9-;;/m1../s1. The van der Waals surface area contributed by atoms with Gasteiger partial charge in [-0.05, 0) is 39.8 Å². The molecule has 0 saturated carbocycles. The van der Waals surface area contributed by atoms with Crippen LogP contribution in [0.1, 0.15) is 54.4 Å². The molecule has 15 heavy (non-hydrogen) atoms. The Hall–Kier alpha value is -0.0800. The number of likely N-dealkylation sites (tertiary alicyclic amines) is 1. The van der Waals surface area contributed by atoms with Crippen LogP contribution in [0.4, 0.5) is 0 Å². The van der Waals surface area contributed by atoms with Gasteiger partial charge in [0.25, 0.3) is 0 Å². The molecule has 1 saturated heterocycles. The Labute approximate surface area is 97.0 Å². The van der Waals surface area contributed by atoms with E-state index in [1.807, 2.05) is 27.7 Å². The summed E-state index contributed by atoms with van der Waals surface area (Å²) in [7, 11) is 0. The zero-order valence-corrected chi connectivity index (χ0v) is 11.7. The fourth-order valence-electron chi connectivity index (χ4n) is 1.67. The average Bonchev–Trinajstić information content (AvgIpc) is 2.77. The summed E-state index contributed by atoms with van der Waals surface area (Å²) in [6, 6.07) is 0. The molecule has 1 fully saturated rings. The molecule has 0 aliphatic carbocycles. The number of hydrogen-bond acceptors (Lipinski definition) is 2. The van der Waals surface area contributed by atoms with Gasteiger partial charge in [0.05, 0.1) is 6.10 Å². The van der Waals surface area contributed by atoms with Crippen LogP contribution < -0.4 is 0 Å². The van der Waals surface area contributed by atoms with Gasteiger partial charge < -0.3 is 9.64 Å². The molecular weight excluding hydrogens is 186 g/mol. The normalized spacial score (nSPS) is 17.2. The van der Waals surface area contributed by atoms with Gasteiger partial charge in [0.15, 0.2) is 0 Å². The molecule has 0 amide bonds. The van der Waals surface area contributed by atoms with Gasteiger partial charge in [-0.1, -0.05) is 27.7 Å². The maximum Gasteiger partial charge on any atom is 0.0673 e. The Morgan fingerprint density at radius 2 is 1.53 bits per heavy atom. The van der Waals surface area contributed by atoms with E-state index in [1.165, 1.54) is 25.9 Å². The molecule has 0 radical (unpaired) electrons. The van der Waals surface area contributed by atoms with E-state index in [-0.39, 0.29) is 0 Å². The lowest BCUT2D eigenvalue weighted by molar-refractivity contribution is 0.0515. The highest BCUT2D eigenvalue weighted by Gasteiger charge is 2.13. The molecule has 0 spiro atoms. The summed E-state index contributed by atoms with van der Waals surface area (Å²) in [5.41, 5.74) is 0. The van der Waals surface area contributed by atoms with Crippen molar-refractivity contribution in [2.45, 2.75) is 60.5 Å². The molecule has 1 aliphatic heterocycles. The second-order valence-corrected chi connectivity index (χ2v) is 3.27. The van der Waals surface area contributed by atoms with Crippen LogP contribution in [0.25, 0.3) is 0 Å². The fraction of sp³-hybridized carbons (Fsp3) is 1.00. The van der Waals surface area contributed by atoms with Gasteiger partial charge in [0.1, 0.15) is 0 Å². The summed E-state index contributed by atoms with van der Waals surface area (Å²) in [4.78, 5) is 2.49. The summed E-state index contributed by atoms with van der Waals surface area (Å²) < 4.78 is 5.46. The highest BCUT2D eigenvalue weighted by molar-refractivity contribution is 4.68. The Morgan fingerprint density at radius 3 is 1.93 bits per heavy atom. The Morgan fingerprint density at radius 1 is 1.07 bits per heavy atom. The molecule has 1 aliphatic rings. The third-order valence-electron chi connectivity index (χ3n) is 2.17. The smallest absolute Gasteiger partial charge is 0.0673 e. The molecule has 1 rings (SSSR count). The van der Waals surface area contributed by atoms with E-state index in [2.05, 4.69) is 18.7 Å². The first-order valence-electron chi connectivity index (χ1n) is 6.67. The van der Waals surface area contributed by atoms with Crippen molar-refractivity contribution < 1.29 is 4.74 Å². The fourth-order valence-corrected chi connectivity index (χ4v) is 1.67. The highest BCUT2D eigenvalue weighted by Crippen LogP contribution is 2.08. The second kappa shape index (κ2) is 13.9. The average molecular weight is 217 g/mol. The van der Waals surface area contributed by atoms with Gasteiger partial charge in [-0.2, -0.15) is 0 Å². The third-order valence-corrected chi connectivity index (χ3v) is 2.17. The van der Waals surface area contributed by atoms with Crippen LogP contribution in [-0.4, -0.2) is 37.2 Å². The molecule has 2 heteroatoms. The number of rotatable bonds is 4. The van der Waals surface area contributed by atoms with E-state index in [4.69, 9.17) is 4.74 Å². The zero-order valence-electron chi connectivity index (χ0n) is 11.7. The SMILES string of the molecule is CC.CC.CCO[C@H](C)CN1CCCC1. The Bertz CT molecular complexity index is 101. The second-order valence-electron chi connectivity index (χ2n) is 3.27. The first kappa shape index (κ1) is 17.3. The van der Waals surface area contributed by atoms with Crippen LogP contribution in [0.3, 0.4) is 0 Å². The molecule has 0 unspecified atom stereocenters. The molecule has 2 nitrogen and oxygen atoms in total. The largest absolute Gasteiger partial charge is 0.377 e. The lowest BCUT2D eigenvalue weighted by Gasteiger charge is -2.19. The monoisotopic (exact) mass is 217 g/mol. The van der Waals surface area contributed by atoms with Crippen LogP contribution in [0.15, 0.2) is 0 Å². The van der Waals surface area contributed by atoms with Gasteiger partial charge in [-0.3, -0.25) is 0 Å². The molecule has 0 bridgehead atoms. The minimum absolute atomic E-state index is 0.415. The summed E-state index contributed by atoms with van der Waals surface area (Å²) in [6.07, 6.45) is 3.16. The van der Waals surface area contributed by atoms with E-state index >= 15 is 0 Å². The topological polar surface area (TPSA) is 12.5 Å². The number of hydrogen-bond donors (Lipinski definition) is 0. The predicted molar refractivity (Wildman–Crippen MR) is 69.5 cm³/mol. The Kier molecular flexibility index (Phi) is 16.1. The van der Waals surface area contributed by atoms with Gasteiger partial charge in [0, 0.05) is 13.2 Å². The van der Waals surface area contributed by atoms with Crippen molar-refractivity contribution in [3.8, 4) is 0 Å². The molecule has 0 N–H and O–H groups in total. The predicted octanol–water partition coefficient (Wildman–Crippen LogP) is 3.56. The molecule has 1 heterocycles. The highest BCUT2D eigenvalue weighted by atomic mass is 16.5. The number of ether oxygens (including phenoxy) is 1. The summed E-state index contributed by atoms with van der Waals surface area (Å²) in [6.45, 7) is 16.7. The van der Waals surface area contributed by atoms with Crippen molar-refractivity contribution in [3.63, 3.8) is 0 Å². The first-order chi connectivity index (χ1) is 7.33. The summed E-state index contributed by atoms with van der Waals surface area (Å²) in [5.74, 6) is 0. The zero-order chi connectivity index (χ0) is 12.1. The lowest BCUT2D eigenvalue weighted by Crippen LogP contribution is -2.29. The van der Waals surface area contributed by atoms with Crippen molar-refractivity contribution in [2.75, 3.05) is 26.2 Å². The minimum atomic E-state index is 0.415. The Balaban J connectivity index is 0. The van der Waals surface area contributed by atoms with Crippen LogP contribution in [-0.2, 0) is 4.74 Å². The molecule has 0 aromatic carbocycles. The number of nitrogens with zero attached hydrogens (tertiary/aromatic N) is 1. The first-order valence-corrected chi connectivity index (χ1v) is 6.67. The van der Waals surface area contributed by atoms with Crippen LogP contribution in [0.5, 0.6) is 0 Å². The summed E-state index contributed by atoms with van der Waals surface area (Å²) >= 11 is 0. The van der Waals surface area contributed by atoms with Crippen LogP contribution >= 0.6 is 0 Å². The molecular formula is C13H31NO. The maximum absolute atomic E-state index is 5.46. The van der Waals surface area contributed by atoms with Crippen LogP contribution in [0.2, 0.25) is 0 Å². The van der Waals surface area contributed by atoms with Crippen molar-refractivity contribution in [3.05, 3.63) is 0 Å². The van der Waals surface area contributed by atoms with E-state index in [9.17, 15) is 0 Å². The van der Waals surface area contributed by atoms with Gasteiger partial charge >= 0.3 is 0 Å². The van der Waals surface area contributed by atoms with Gasteiger partial charge in [0.2, 0.25) is 0 Å². The van der Waals surface area contributed by atoms with E-state index < -0.39 is 0 Å². The van der Waals surface area contributed by atoms with E-state index in [0.717, 1.165) is 13.2 Å². The third kappa shape index (κ3) is 10.2. The minimum Gasteiger partial charge on any atom is -0.377 e.